The van der Waals surface area contributed by atoms with E-state index in [9.17, 15) is 9.59 Å². The molecule has 1 saturated heterocycles. The molecule has 2 unspecified atom stereocenters. The van der Waals surface area contributed by atoms with Crippen molar-refractivity contribution in [2.24, 2.45) is 0 Å². The van der Waals surface area contributed by atoms with E-state index >= 15 is 0 Å². The molecule has 1 aliphatic heterocycles. The molecule has 6 heteroatoms. The largest absolute Gasteiger partial charge is 0.423 e. The number of carbonyl (C=O) groups is 2. The van der Waals surface area contributed by atoms with E-state index in [2.05, 4.69) is 27.9 Å². The summed E-state index contributed by atoms with van der Waals surface area (Å²) in [5, 5.41) is 2.61. The molecule has 0 aromatic heterocycles. The van der Waals surface area contributed by atoms with Gasteiger partial charge in [-0.3, -0.25) is 9.69 Å². The highest BCUT2D eigenvalue weighted by Gasteiger charge is 2.40. The Balaban J connectivity index is 2.21. The van der Waals surface area contributed by atoms with E-state index in [0.29, 0.717) is 0 Å². The highest BCUT2D eigenvalue weighted by atomic mass is 127. The fourth-order valence-electron chi connectivity index (χ4n) is 1.86. The van der Waals surface area contributed by atoms with Crippen LogP contribution >= 0.6 is 22.6 Å². The maximum absolute atomic E-state index is 11.8. The van der Waals surface area contributed by atoms with E-state index in [0.717, 1.165) is 9.26 Å². The Morgan fingerprint density at radius 3 is 2.56 bits per heavy atom. The van der Waals surface area contributed by atoms with Crippen LogP contribution in [0.5, 0.6) is 0 Å². The molecule has 96 valence electrons. The first-order chi connectivity index (χ1) is 8.49. The van der Waals surface area contributed by atoms with Crippen LogP contribution < -0.4 is 10.2 Å². The first-order valence-corrected chi connectivity index (χ1v) is 6.59. The summed E-state index contributed by atoms with van der Waals surface area (Å²) in [6.45, 7) is 3.23. The van der Waals surface area contributed by atoms with Crippen LogP contribution in [0.1, 0.15) is 13.8 Å². The summed E-state index contributed by atoms with van der Waals surface area (Å²) in [5.41, 5.74) is 0.765. The first-order valence-electron chi connectivity index (χ1n) is 5.51. The fraction of sp³-hybridized carbons (Fsp3) is 0.333. The normalized spacial score (nSPS) is 22.8. The second kappa shape index (κ2) is 5.13. The lowest BCUT2D eigenvalue weighted by atomic mass is 10.2. The molecular formula is C12H13IN2O3. The van der Waals surface area contributed by atoms with Gasteiger partial charge in [-0.1, -0.05) is 0 Å². The average molecular weight is 360 g/mol. The molecule has 0 bridgehead atoms. The highest BCUT2D eigenvalue weighted by Crippen LogP contribution is 2.26. The molecule has 1 N–H and O–H groups in total. The SMILES string of the molecule is CC(=O)NC1OC(=O)N(c2ccc(I)cc2)C1C. The van der Waals surface area contributed by atoms with Gasteiger partial charge in [-0.25, -0.2) is 4.79 Å². The van der Waals surface area contributed by atoms with Gasteiger partial charge in [-0.15, -0.1) is 0 Å². The predicted octanol–water partition coefficient (Wildman–Crippen LogP) is 2.10. The molecule has 1 fully saturated rings. The van der Waals surface area contributed by atoms with Gasteiger partial charge in [0, 0.05) is 16.2 Å². The van der Waals surface area contributed by atoms with Gasteiger partial charge < -0.3 is 10.1 Å². The van der Waals surface area contributed by atoms with Crippen LogP contribution in [-0.2, 0) is 9.53 Å². The third-order valence-corrected chi connectivity index (χ3v) is 3.44. The number of hydrogen-bond donors (Lipinski definition) is 1. The number of halogens is 1. The number of benzene rings is 1. The minimum absolute atomic E-state index is 0.218. The van der Waals surface area contributed by atoms with Crippen molar-refractivity contribution in [3.05, 3.63) is 27.8 Å². The maximum atomic E-state index is 11.8. The molecule has 1 aromatic carbocycles. The summed E-state index contributed by atoms with van der Waals surface area (Å²) in [7, 11) is 0. The third kappa shape index (κ3) is 2.58. The van der Waals surface area contributed by atoms with Crippen molar-refractivity contribution in [1.29, 1.82) is 0 Å². The van der Waals surface area contributed by atoms with Crippen molar-refractivity contribution >= 4 is 40.3 Å². The Morgan fingerprint density at radius 1 is 1.39 bits per heavy atom. The predicted molar refractivity (Wildman–Crippen MR) is 75.2 cm³/mol. The fourth-order valence-corrected chi connectivity index (χ4v) is 2.22. The van der Waals surface area contributed by atoms with Crippen molar-refractivity contribution in [3.8, 4) is 0 Å². The van der Waals surface area contributed by atoms with Crippen molar-refractivity contribution in [2.75, 3.05) is 4.90 Å². The molecule has 2 amide bonds. The summed E-state index contributed by atoms with van der Waals surface area (Å²) >= 11 is 2.20. The molecule has 1 aromatic rings. The zero-order chi connectivity index (χ0) is 13.3. The van der Waals surface area contributed by atoms with Crippen LogP contribution in [0, 0.1) is 3.57 Å². The number of nitrogens with zero attached hydrogens (tertiary/aromatic N) is 1. The van der Waals surface area contributed by atoms with E-state index in [1.54, 1.807) is 0 Å². The lowest BCUT2D eigenvalue weighted by Gasteiger charge is -2.20. The van der Waals surface area contributed by atoms with Crippen molar-refractivity contribution in [2.45, 2.75) is 26.1 Å². The van der Waals surface area contributed by atoms with E-state index in [1.165, 1.54) is 11.8 Å². The number of amides is 2. The van der Waals surface area contributed by atoms with Crippen LogP contribution in [0.25, 0.3) is 0 Å². The average Bonchev–Trinajstić information content (AvgIpc) is 2.55. The van der Waals surface area contributed by atoms with E-state index in [4.69, 9.17) is 4.74 Å². The number of hydrogen-bond acceptors (Lipinski definition) is 3. The number of rotatable bonds is 2. The number of cyclic esters (lactones) is 1. The number of ether oxygens (including phenoxy) is 1. The molecule has 0 radical (unpaired) electrons. The second-order valence-electron chi connectivity index (χ2n) is 4.09. The van der Waals surface area contributed by atoms with E-state index < -0.39 is 12.3 Å². The van der Waals surface area contributed by atoms with E-state index in [1.807, 2.05) is 31.2 Å². The Morgan fingerprint density at radius 2 is 2.00 bits per heavy atom. The van der Waals surface area contributed by atoms with Crippen LogP contribution in [0.15, 0.2) is 24.3 Å². The number of carbonyl (C=O) groups excluding carboxylic acids is 2. The Labute approximate surface area is 119 Å². The van der Waals surface area contributed by atoms with Crippen LogP contribution in [0.2, 0.25) is 0 Å². The molecular weight excluding hydrogens is 347 g/mol. The van der Waals surface area contributed by atoms with Gasteiger partial charge >= 0.3 is 6.09 Å². The molecule has 5 nitrogen and oxygen atoms in total. The number of anilines is 1. The minimum atomic E-state index is -0.603. The molecule has 0 aliphatic carbocycles. The Bertz CT molecular complexity index is 475. The van der Waals surface area contributed by atoms with Gasteiger partial charge in [0.2, 0.25) is 5.91 Å². The Kier molecular flexibility index (Phi) is 3.74. The van der Waals surface area contributed by atoms with Gasteiger partial charge in [0.05, 0.1) is 6.04 Å². The lowest BCUT2D eigenvalue weighted by molar-refractivity contribution is -0.121. The van der Waals surface area contributed by atoms with Gasteiger partial charge in [0.1, 0.15) is 0 Å². The van der Waals surface area contributed by atoms with Gasteiger partial charge in [-0.05, 0) is 53.8 Å². The highest BCUT2D eigenvalue weighted by molar-refractivity contribution is 14.1. The van der Waals surface area contributed by atoms with Crippen LogP contribution in [0.3, 0.4) is 0 Å². The van der Waals surface area contributed by atoms with Gasteiger partial charge in [-0.2, -0.15) is 0 Å². The third-order valence-electron chi connectivity index (χ3n) is 2.72. The summed E-state index contributed by atoms with van der Waals surface area (Å²) < 4.78 is 6.23. The Hall–Kier alpha value is -1.31. The van der Waals surface area contributed by atoms with Crippen LogP contribution in [0.4, 0.5) is 10.5 Å². The van der Waals surface area contributed by atoms with Gasteiger partial charge in [0.25, 0.3) is 0 Å². The molecule has 18 heavy (non-hydrogen) atoms. The summed E-state index contributed by atoms with van der Waals surface area (Å²) in [4.78, 5) is 24.4. The smallest absolute Gasteiger partial charge is 0.416 e. The molecule has 1 aliphatic rings. The molecule has 0 saturated carbocycles. The molecule has 2 atom stereocenters. The van der Waals surface area contributed by atoms with E-state index in [-0.39, 0.29) is 11.9 Å². The number of nitrogens with one attached hydrogen (secondary N) is 1. The molecule has 0 spiro atoms. The zero-order valence-corrected chi connectivity index (χ0v) is 12.2. The summed E-state index contributed by atoms with van der Waals surface area (Å²) in [6, 6.07) is 7.32. The van der Waals surface area contributed by atoms with Gasteiger partial charge in [0.15, 0.2) is 6.23 Å². The summed E-state index contributed by atoms with van der Waals surface area (Å²) in [6.07, 6.45) is -1.04. The summed E-state index contributed by atoms with van der Waals surface area (Å²) in [5.74, 6) is -0.218. The van der Waals surface area contributed by atoms with Crippen molar-refractivity contribution in [3.63, 3.8) is 0 Å². The minimum Gasteiger partial charge on any atom is -0.423 e. The standard InChI is InChI=1S/C12H13IN2O3/c1-7-11(14-8(2)16)18-12(17)15(7)10-5-3-9(13)4-6-10/h3-7,11H,1-2H3,(H,14,16). The first kappa shape index (κ1) is 13.1. The second-order valence-corrected chi connectivity index (χ2v) is 5.34. The molecule has 2 rings (SSSR count). The monoisotopic (exact) mass is 360 g/mol. The zero-order valence-electron chi connectivity index (χ0n) is 10.0. The maximum Gasteiger partial charge on any atom is 0.416 e. The van der Waals surface area contributed by atoms with Crippen LogP contribution in [-0.4, -0.2) is 24.3 Å². The van der Waals surface area contributed by atoms with Crippen molar-refractivity contribution < 1.29 is 14.3 Å². The molecule has 1 heterocycles. The quantitative estimate of drug-likeness (QED) is 0.822. The lowest BCUT2D eigenvalue weighted by Crippen LogP contribution is -2.43. The topological polar surface area (TPSA) is 58.6 Å². The van der Waals surface area contributed by atoms with Crippen molar-refractivity contribution in [1.82, 2.24) is 5.32 Å².